The molecular weight excluding hydrogens is 454 g/mol. The van der Waals surface area contributed by atoms with E-state index in [1.807, 2.05) is 48.2 Å². The van der Waals surface area contributed by atoms with Gasteiger partial charge >= 0.3 is 6.03 Å². The third kappa shape index (κ3) is 5.58. The Morgan fingerprint density at radius 2 is 1.50 bits per heavy atom. The molecule has 2 N–H and O–H groups in total. The number of nitrogens with zero attached hydrogens (tertiary/aromatic N) is 3. The molecule has 5 rings (SSSR count). The van der Waals surface area contributed by atoms with Crippen LogP contribution in [0.5, 0.6) is 0 Å². The topological polar surface area (TPSA) is 100 Å². The van der Waals surface area contributed by atoms with Gasteiger partial charge in [0.2, 0.25) is 11.8 Å². The van der Waals surface area contributed by atoms with E-state index >= 15 is 0 Å². The zero-order valence-electron chi connectivity index (χ0n) is 20.7. The van der Waals surface area contributed by atoms with Crippen LogP contribution >= 0.6 is 0 Å². The standard InChI is InChI=1S/C28H33N5O3/c1-19-7-5-6-10-24(19)27-32-31-26(36-27)21-13-11-20(12-14-21)25(34)29-23-15-17-33(18-16-23)28(35)30-22-8-3-2-4-9-22/h5-7,10-14,22-23H,2-4,8-9,15-18H2,1H3,(H,29,34)(H,30,35). The number of aryl methyl sites for hydroxylation is 1. The lowest BCUT2D eigenvalue weighted by Gasteiger charge is -2.34. The number of amides is 3. The van der Waals surface area contributed by atoms with E-state index in [0.717, 1.165) is 42.4 Å². The average molecular weight is 488 g/mol. The summed E-state index contributed by atoms with van der Waals surface area (Å²) in [6.45, 7) is 3.31. The average Bonchev–Trinajstić information content (AvgIpc) is 3.40. The monoisotopic (exact) mass is 487 g/mol. The van der Waals surface area contributed by atoms with E-state index in [0.29, 0.717) is 36.5 Å². The molecule has 0 radical (unpaired) electrons. The largest absolute Gasteiger partial charge is 0.416 e. The molecular formula is C28H33N5O3. The minimum atomic E-state index is -0.113. The maximum Gasteiger partial charge on any atom is 0.317 e. The fraction of sp³-hybridized carbons (Fsp3) is 0.429. The molecule has 0 bridgehead atoms. The van der Waals surface area contributed by atoms with E-state index in [-0.39, 0.29) is 18.0 Å². The van der Waals surface area contributed by atoms with Gasteiger partial charge in [0.05, 0.1) is 0 Å². The number of urea groups is 1. The van der Waals surface area contributed by atoms with Gasteiger partial charge < -0.3 is 20.0 Å². The summed E-state index contributed by atoms with van der Waals surface area (Å²) in [5.74, 6) is 0.778. The lowest BCUT2D eigenvalue weighted by atomic mass is 9.95. The van der Waals surface area contributed by atoms with E-state index in [4.69, 9.17) is 4.42 Å². The van der Waals surface area contributed by atoms with E-state index in [9.17, 15) is 9.59 Å². The smallest absolute Gasteiger partial charge is 0.317 e. The predicted molar refractivity (Wildman–Crippen MR) is 137 cm³/mol. The predicted octanol–water partition coefficient (Wildman–Crippen LogP) is 4.95. The van der Waals surface area contributed by atoms with Crippen LogP contribution in [0.15, 0.2) is 52.9 Å². The van der Waals surface area contributed by atoms with Gasteiger partial charge in [-0.3, -0.25) is 4.79 Å². The molecule has 2 heterocycles. The van der Waals surface area contributed by atoms with Crippen LogP contribution in [-0.2, 0) is 0 Å². The first kappa shape index (κ1) is 24.0. The van der Waals surface area contributed by atoms with Crippen LogP contribution in [0.25, 0.3) is 22.9 Å². The molecule has 8 heteroatoms. The van der Waals surface area contributed by atoms with Crippen LogP contribution in [0, 0.1) is 6.92 Å². The van der Waals surface area contributed by atoms with Crippen molar-refractivity contribution in [3.05, 3.63) is 59.7 Å². The number of rotatable bonds is 5. The van der Waals surface area contributed by atoms with Crippen molar-refractivity contribution in [3.8, 4) is 22.9 Å². The van der Waals surface area contributed by atoms with Gasteiger partial charge in [0.15, 0.2) is 0 Å². The SMILES string of the molecule is Cc1ccccc1-c1nnc(-c2ccc(C(=O)NC3CCN(C(=O)NC4CCCCC4)CC3)cc2)o1. The summed E-state index contributed by atoms with van der Waals surface area (Å²) < 4.78 is 5.88. The first-order chi connectivity index (χ1) is 17.6. The number of piperidine rings is 1. The van der Waals surface area contributed by atoms with Crippen molar-refractivity contribution in [1.29, 1.82) is 0 Å². The molecule has 0 atom stereocenters. The lowest BCUT2D eigenvalue weighted by molar-refractivity contribution is 0.0917. The van der Waals surface area contributed by atoms with Crippen LogP contribution in [-0.4, -0.2) is 52.2 Å². The fourth-order valence-electron chi connectivity index (χ4n) is 5.03. The van der Waals surface area contributed by atoms with Gasteiger partial charge in [-0.05, 0) is 68.5 Å². The Morgan fingerprint density at radius 3 is 2.22 bits per heavy atom. The Hall–Kier alpha value is -3.68. The molecule has 2 aliphatic rings. The minimum Gasteiger partial charge on any atom is -0.416 e. The fourth-order valence-corrected chi connectivity index (χ4v) is 5.03. The van der Waals surface area contributed by atoms with Crippen molar-refractivity contribution in [3.63, 3.8) is 0 Å². The Labute approximate surface area is 211 Å². The lowest BCUT2D eigenvalue weighted by Crippen LogP contribution is -2.51. The molecule has 3 aromatic rings. The van der Waals surface area contributed by atoms with Crippen molar-refractivity contribution >= 4 is 11.9 Å². The number of nitrogens with one attached hydrogen (secondary N) is 2. The van der Waals surface area contributed by atoms with Crippen molar-refractivity contribution in [2.24, 2.45) is 0 Å². The van der Waals surface area contributed by atoms with Crippen LogP contribution in [0.4, 0.5) is 4.79 Å². The second-order valence-electron chi connectivity index (χ2n) is 9.82. The number of likely N-dealkylation sites (tertiary alicyclic amines) is 1. The molecule has 8 nitrogen and oxygen atoms in total. The Kier molecular flexibility index (Phi) is 7.30. The summed E-state index contributed by atoms with van der Waals surface area (Å²) in [6, 6.07) is 15.5. The first-order valence-corrected chi connectivity index (χ1v) is 12.9. The van der Waals surface area contributed by atoms with E-state index in [1.54, 1.807) is 12.1 Å². The summed E-state index contributed by atoms with van der Waals surface area (Å²) in [6.07, 6.45) is 7.34. The molecule has 1 aliphatic heterocycles. The summed E-state index contributed by atoms with van der Waals surface area (Å²) in [7, 11) is 0. The zero-order chi connectivity index (χ0) is 24.9. The molecule has 2 aromatic carbocycles. The highest BCUT2D eigenvalue weighted by atomic mass is 16.4. The van der Waals surface area contributed by atoms with Crippen LogP contribution < -0.4 is 10.6 Å². The molecule has 0 unspecified atom stereocenters. The zero-order valence-corrected chi connectivity index (χ0v) is 20.7. The third-order valence-corrected chi connectivity index (χ3v) is 7.24. The van der Waals surface area contributed by atoms with Crippen molar-refractivity contribution in [2.45, 2.75) is 64.0 Å². The van der Waals surface area contributed by atoms with Gasteiger partial charge in [-0.15, -0.1) is 10.2 Å². The number of aromatic nitrogens is 2. The Balaban J connectivity index is 1.12. The van der Waals surface area contributed by atoms with Crippen molar-refractivity contribution in [2.75, 3.05) is 13.1 Å². The first-order valence-electron chi connectivity index (χ1n) is 12.9. The molecule has 1 aromatic heterocycles. The van der Waals surface area contributed by atoms with Crippen LogP contribution in [0.1, 0.15) is 60.9 Å². The number of hydrogen-bond acceptors (Lipinski definition) is 5. The molecule has 1 saturated carbocycles. The molecule has 1 saturated heterocycles. The maximum absolute atomic E-state index is 12.8. The second-order valence-corrected chi connectivity index (χ2v) is 9.82. The highest BCUT2D eigenvalue weighted by Crippen LogP contribution is 2.26. The van der Waals surface area contributed by atoms with Crippen molar-refractivity contribution in [1.82, 2.24) is 25.7 Å². The number of benzene rings is 2. The third-order valence-electron chi connectivity index (χ3n) is 7.24. The molecule has 3 amide bonds. The quantitative estimate of drug-likeness (QED) is 0.530. The number of carbonyl (C=O) groups excluding carboxylic acids is 2. The summed E-state index contributed by atoms with van der Waals surface area (Å²) in [5, 5.41) is 14.7. The molecule has 188 valence electrons. The Morgan fingerprint density at radius 1 is 0.833 bits per heavy atom. The number of carbonyl (C=O) groups is 2. The van der Waals surface area contributed by atoms with E-state index in [2.05, 4.69) is 20.8 Å². The maximum atomic E-state index is 12.8. The number of hydrogen-bond donors (Lipinski definition) is 2. The van der Waals surface area contributed by atoms with Gasteiger partial charge in [-0.25, -0.2) is 4.79 Å². The molecule has 0 spiro atoms. The van der Waals surface area contributed by atoms with Crippen LogP contribution in [0.2, 0.25) is 0 Å². The summed E-state index contributed by atoms with van der Waals surface area (Å²) in [5.41, 5.74) is 3.31. The van der Waals surface area contributed by atoms with E-state index in [1.165, 1.54) is 19.3 Å². The molecule has 1 aliphatic carbocycles. The molecule has 2 fully saturated rings. The highest BCUT2D eigenvalue weighted by molar-refractivity contribution is 5.94. The van der Waals surface area contributed by atoms with Gasteiger partial charge in [-0.2, -0.15) is 0 Å². The van der Waals surface area contributed by atoms with Crippen LogP contribution in [0.3, 0.4) is 0 Å². The Bertz CT molecular complexity index is 1190. The minimum absolute atomic E-state index is 0.0360. The summed E-state index contributed by atoms with van der Waals surface area (Å²) in [4.78, 5) is 27.3. The molecule has 36 heavy (non-hydrogen) atoms. The van der Waals surface area contributed by atoms with Gasteiger partial charge in [0.1, 0.15) is 0 Å². The van der Waals surface area contributed by atoms with E-state index < -0.39 is 0 Å². The van der Waals surface area contributed by atoms with Crippen molar-refractivity contribution < 1.29 is 14.0 Å². The highest BCUT2D eigenvalue weighted by Gasteiger charge is 2.26. The van der Waals surface area contributed by atoms with Gasteiger partial charge in [-0.1, -0.05) is 37.5 Å². The van der Waals surface area contributed by atoms with Gasteiger partial charge in [0, 0.05) is 41.9 Å². The second kappa shape index (κ2) is 10.9. The van der Waals surface area contributed by atoms with Gasteiger partial charge in [0.25, 0.3) is 5.91 Å². The normalized spacial score (nSPS) is 17.1. The summed E-state index contributed by atoms with van der Waals surface area (Å²) >= 11 is 0.